The molecule has 6 rings (SSSR count). The van der Waals surface area contributed by atoms with Gasteiger partial charge in [-0.25, -0.2) is 14.4 Å². The Hall–Kier alpha value is -2.65. The predicted molar refractivity (Wildman–Crippen MR) is 151 cm³/mol. The van der Waals surface area contributed by atoms with Gasteiger partial charge >= 0.3 is 6.18 Å². The summed E-state index contributed by atoms with van der Waals surface area (Å²) in [5.41, 5.74) is 2.34. The molecule has 3 aromatic rings. The smallest absolute Gasteiger partial charge is 0.416 e. The second kappa shape index (κ2) is 9.47. The third kappa shape index (κ3) is 4.42. The zero-order valence-corrected chi connectivity index (χ0v) is 23.9. The van der Waals surface area contributed by atoms with Gasteiger partial charge in [-0.15, -0.1) is 11.3 Å². The number of morpholine rings is 1. The molecule has 3 aliphatic rings. The van der Waals surface area contributed by atoms with Gasteiger partial charge in [0.25, 0.3) is 0 Å². The zero-order chi connectivity index (χ0) is 27.6. The van der Waals surface area contributed by atoms with E-state index >= 15 is 0 Å². The molecule has 0 amide bonds. The van der Waals surface area contributed by atoms with Crippen molar-refractivity contribution in [2.45, 2.75) is 38.4 Å². The van der Waals surface area contributed by atoms with Crippen molar-refractivity contribution in [3.8, 4) is 0 Å². The zero-order valence-electron chi connectivity index (χ0n) is 22.2. The molecule has 0 spiro atoms. The number of aliphatic imine (C=N–C) groups is 1. The van der Waals surface area contributed by atoms with E-state index in [0.29, 0.717) is 32.2 Å². The van der Waals surface area contributed by atoms with Crippen molar-refractivity contribution in [1.82, 2.24) is 4.67 Å². The van der Waals surface area contributed by atoms with E-state index in [0.717, 1.165) is 39.3 Å². The van der Waals surface area contributed by atoms with Gasteiger partial charge in [0.2, 0.25) is 13.3 Å². The molecule has 0 aliphatic carbocycles. The van der Waals surface area contributed by atoms with E-state index in [1.807, 2.05) is 17.5 Å². The number of hydrogen-bond acceptors (Lipinski definition) is 6. The highest BCUT2D eigenvalue weighted by Crippen LogP contribution is 2.61. The second-order valence-electron chi connectivity index (χ2n) is 10.6. The fourth-order valence-corrected chi connectivity index (χ4v) is 9.23. The lowest BCUT2D eigenvalue weighted by Crippen LogP contribution is -2.39. The van der Waals surface area contributed by atoms with Crippen molar-refractivity contribution >= 4 is 47.0 Å². The molecule has 4 heterocycles. The van der Waals surface area contributed by atoms with E-state index in [-0.39, 0.29) is 17.1 Å². The van der Waals surface area contributed by atoms with Crippen LogP contribution in [0.4, 0.5) is 30.2 Å². The fraction of sp³-hybridized carbons (Fsp3) is 0.393. The number of alkyl halides is 3. The summed E-state index contributed by atoms with van der Waals surface area (Å²) in [5.74, 6) is 0.445. The molecule has 1 aromatic heterocycles. The maximum atomic E-state index is 13.7. The summed E-state index contributed by atoms with van der Waals surface area (Å²) in [5, 5.41) is 2.78. The minimum absolute atomic E-state index is 0.159. The van der Waals surface area contributed by atoms with Crippen molar-refractivity contribution in [3.63, 3.8) is 0 Å². The number of benzene rings is 2. The molecule has 0 bridgehead atoms. The monoisotopic (exact) mass is 574 g/mol. The van der Waals surface area contributed by atoms with E-state index in [1.165, 1.54) is 17.4 Å². The number of hydrogen-bond donors (Lipinski definition) is 0. The van der Waals surface area contributed by atoms with E-state index in [2.05, 4.69) is 49.5 Å². The van der Waals surface area contributed by atoms with Crippen LogP contribution in [0.15, 0.2) is 63.6 Å². The largest absolute Gasteiger partial charge is 0.424 e. The number of halogens is 3. The van der Waals surface area contributed by atoms with Gasteiger partial charge in [-0.2, -0.15) is 13.2 Å². The van der Waals surface area contributed by atoms with Crippen LogP contribution < -0.4 is 10.2 Å². The van der Waals surface area contributed by atoms with Crippen molar-refractivity contribution < 1.29 is 22.4 Å². The molecule has 0 N–H and O–H groups in total. The third-order valence-corrected chi connectivity index (χ3v) is 12.0. The van der Waals surface area contributed by atoms with E-state index in [1.54, 1.807) is 6.07 Å². The summed E-state index contributed by atoms with van der Waals surface area (Å²) < 4.78 is 60.9. The summed E-state index contributed by atoms with van der Waals surface area (Å²) >= 11 is 1.51. The van der Waals surface area contributed by atoms with Gasteiger partial charge in [0.15, 0.2) is 0 Å². The Labute approximate surface area is 230 Å². The lowest BCUT2D eigenvalue weighted by atomic mass is 9.81. The average molecular weight is 575 g/mol. The van der Waals surface area contributed by atoms with Crippen LogP contribution in [-0.2, 0) is 20.9 Å². The van der Waals surface area contributed by atoms with Gasteiger partial charge in [0, 0.05) is 37.3 Å². The second-order valence-corrected chi connectivity index (χ2v) is 14.1. The van der Waals surface area contributed by atoms with Crippen LogP contribution in [0.25, 0.3) is 0 Å². The number of ether oxygens (including phenoxy) is 1. The molecule has 11 heteroatoms. The first kappa shape index (κ1) is 26.6. The first-order chi connectivity index (χ1) is 18.5. The maximum Gasteiger partial charge on any atom is 0.416 e. The molecule has 1 fully saturated rings. The van der Waals surface area contributed by atoms with Crippen molar-refractivity contribution in [1.29, 1.82) is 0 Å². The number of thiophene rings is 1. The van der Waals surface area contributed by atoms with Gasteiger partial charge in [0.05, 0.1) is 40.3 Å². The minimum Gasteiger partial charge on any atom is -0.424 e. The van der Waals surface area contributed by atoms with Crippen LogP contribution in [0.3, 0.4) is 0 Å². The molecule has 206 valence electrons. The Morgan fingerprint density at radius 1 is 1.10 bits per heavy atom. The Morgan fingerprint density at radius 2 is 1.87 bits per heavy atom. The third-order valence-electron chi connectivity index (χ3n) is 8.07. The normalized spacial score (nSPS) is 24.5. The molecule has 6 nitrogen and oxygen atoms in total. The average Bonchev–Trinajstić information content (AvgIpc) is 3.51. The van der Waals surface area contributed by atoms with Gasteiger partial charge in [-0.3, -0.25) is 0 Å². The van der Waals surface area contributed by atoms with Crippen LogP contribution in [0.1, 0.15) is 36.8 Å². The Morgan fingerprint density at radius 3 is 2.56 bits per heavy atom. The lowest BCUT2D eigenvalue weighted by molar-refractivity contribution is -0.137. The highest BCUT2D eigenvalue weighted by molar-refractivity contribution is 7.68. The van der Waals surface area contributed by atoms with Gasteiger partial charge in [-0.1, -0.05) is 26.0 Å². The quantitative estimate of drug-likeness (QED) is 0.308. The summed E-state index contributed by atoms with van der Waals surface area (Å²) in [6.45, 7) is 8.70. The van der Waals surface area contributed by atoms with E-state index in [4.69, 9.17) is 19.0 Å². The predicted octanol–water partition coefficient (Wildman–Crippen LogP) is 7.31. The molecule has 0 unspecified atom stereocenters. The molecule has 1 saturated heterocycles. The van der Waals surface area contributed by atoms with E-state index < -0.39 is 19.2 Å². The van der Waals surface area contributed by atoms with Crippen molar-refractivity contribution in [2.24, 2.45) is 9.74 Å². The SMILES string of the molecule is C[C@H]1N(C)c2cc3c(cc2C1(C)C)[P@](=Nc1cccc(C(F)(F)F)c1)(N1CCOCC1)OC(c1cccs1)=N3. The molecule has 2 atom stereocenters. The molecule has 3 aliphatic heterocycles. The Balaban J connectivity index is 1.66. The highest BCUT2D eigenvalue weighted by Gasteiger charge is 2.46. The van der Waals surface area contributed by atoms with E-state index in [9.17, 15) is 13.2 Å². The first-order valence-corrected chi connectivity index (χ1v) is 15.4. The van der Waals surface area contributed by atoms with Crippen LogP contribution in [0, 0.1) is 0 Å². The summed E-state index contributed by atoms with van der Waals surface area (Å²) in [7, 11) is -1.02. The number of anilines is 1. The molecular weight excluding hydrogens is 544 g/mol. The topological polar surface area (TPSA) is 49.7 Å². The van der Waals surface area contributed by atoms with Gasteiger partial charge < -0.3 is 14.2 Å². The fourth-order valence-electron chi connectivity index (χ4n) is 5.49. The number of nitrogens with zero attached hydrogens (tertiary/aromatic N) is 4. The lowest BCUT2D eigenvalue weighted by Gasteiger charge is -2.40. The molecule has 0 saturated carbocycles. The van der Waals surface area contributed by atoms with Crippen molar-refractivity contribution in [2.75, 3.05) is 38.3 Å². The highest BCUT2D eigenvalue weighted by atomic mass is 32.1. The summed E-state index contributed by atoms with van der Waals surface area (Å²) in [4.78, 5) is 8.08. The van der Waals surface area contributed by atoms with Crippen LogP contribution in [0.2, 0.25) is 0 Å². The van der Waals surface area contributed by atoms with Gasteiger partial charge in [0.1, 0.15) is 0 Å². The summed E-state index contributed by atoms with van der Waals surface area (Å²) in [6, 6.07) is 13.6. The molecule has 0 radical (unpaired) electrons. The number of fused-ring (bicyclic) bond motifs is 2. The summed E-state index contributed by atoms with van der Waals surface area (Å²) in [6.07, 6.45) is -4.48. The van der Waals surface area contributed by atoms with Crippen LogP contribution in [0.5, 0.6) is 0 Å². The Bertz CT molecular complexity index is 1500. The standard InChI is InChI=1S/C28H30F3N4O2PS/c1-18-27(2,3)21-16-24-22(17-23(21)34(18)4)32-26(25-9-6-14-39-25)37-38(24,35-10-12-36-13-11-35)33-20-8-5-7-19(15-20)28(29,30)31/h5-9,14-18H,10-13H2,1-4H3/t18-,38+/m1/s1. The number of rotatable bonds is 3. The molecule has 39 heavy (non-hydrogen) atoms. The van der Waals surface area contributed by atoms with Crippen LogP contribution >= 0.6 is 18.8 Å². The first-order valence-electron chi connectivity index (χ1n) is 12.9. The van der Waals surface area contributed by atoms with Crippen LogP contribution in [-0.4, -0.2) is 50.0 Å². The van der Waals surface area contributed by atoms with Crippen molar-refractivity contribution in [3.05, 3.63) is 69.9 Å². The maximum absolute atomic E-state index is 13.7. The molecular formula is C28H30F3N4O2PS. The molecule has 2 aromatic carbocycles. The number of likely N-dealkylation sites (N-methyl/N-ethyl adjacent to an activating group) is 1. The Kier molecular flexibility index (Phi) is 6.45. The van der Waals surface area contributed by atoms with Gasteiger partial charge in [-0.05, 0) is 54.3 Å². The minimum atomic E-state index is -4.48.